The van der Waals surface area contributed by atoms with Gasteiger partial charge in [-0.3, -0.25) is 0 Å². The van der Waals surface area contributed by atoms with Crippen LogP contribution in [0.4, 0.5) is 0 Å². The highest BCUT2D eigenvalue weighted by Crippen LogP contribution is 2.56. The highest BCUT2D eigenvalue weighted by molar-refractivity contribution is 6.22. The second-order valence-corrected chi connectivity index (χ2v) is 14.1. The highest BCUT2D eigenvalue weighted by Gasteiger charge is 2.46. The molecule has 11 rings (SSSR count). The van der Waals surface area contributed by atoms with Crippen molar-refractivity contribution in [1.82, 2.24) is 0 Å². The van der Waals surface area contributed by atoms with E-state index in [2.05, 4.69) is 72.8 Å². The van der Waals surface area contributed by atoms with Crippen molar-refractivity contribution >= 4 is 45.4 Å². The van der Waals surface area contributed by atoms with E-state index in [1.165, 1.54) is 0 Å². The first-order valence-corrected chi connectivity index (χ1v) is 18.3. The molecule has 0 fully saturated rings. The van der Waals surface area contributed by atoms with E-state index in [-0.39, 0.29) is 0 Å². The summed E-state index contributed by atoms with van der Waals surface area (Å²) in [5.41, 5.74) is 7.18. The molecule has 0 saturated heterocycles. The minimum absolute atomic E-state index is 0.323. The molecule has 2 heterocycles. The van der Waals surface area contributed by atoms with Gasteiger partial charge in [0.15, 0.2) is 0 Å². The molecular formula is C49H26O8. The van der Waals surface area contributed by atoms with E-state index >= 15 is 0 Å². The molecule has 0 bridgehead atoms. The van der Waals surface area contributed by atoms with Crippen molar-refractivity contribution in [3.8, 4) is 34.1 Å². The minimum atomic E-state index is -0.702. The van der Waals surface area contributed by atoms with Gasteiger partial charge in [0.05, 0.1) is 27.7 Å². The number of ether oxygens (including phenoxy) is 4. The molecule has 3 aliphatic rings. The molecule has 0 spiro atoms. The van der Waals surface area contributed by atoms with E-state index in [0.29, 0.717) is 66.8 Å². The fourth-order valence-electron chi connectivity index (χ4n) is 8.83. The molecule has 0 aromatic heterocycles. The molecule has 0 atom stereocenters. The van der Waals surface area contributed by atoms with Crippen LogP contribution in [0, 0.1) is 0 Å². The fourth-order valence-corrected chi connectivity index (χ4v) is 8.83. The molecule has 0 radical (unpaired) electrons. The maximum absolute atomic E-state index is 12.5. The Hall–Kier alpha value is -7.84. The minimum Gasteiger partial charge on any atom is -0.457 e. The number of cyclic esters (lactones) is 4. The van der Waals surface area contributed by atoms with Crippen LogP contribution in [-0.4, -0.2) is 23.9 Å². The molecule has 0 unspecified atom stereocenters. The maximum Gasteiger partial charge on any atom is 0.346 e. The van der Waals surface area contributed by atoms with E-state index in [0.717, 1.165) is 33.4 Å². The molecule has 270 valence electrons. The van der Waals surface area contributed by atoms with Gasteiger partial charge in [-0.1, -0.05) is 97.1 Å². The fraction of sp³-hybridized carbons (Fsp3) is 0.0204. The van der Waals surface area contributed by atoms with Crippen molar-refractivity contribution in [2.45, 2.75) is 5.41 Å². The van der Waals surface area contributed by atoms with Crippen molar-refractivity contribution in [1.29, 1.82) is 0 Å². The summed E-state index contributed by atoms with van der Waals surface area (Å²) < 4.78 is 22.8. The lowest BCUT2D eigenvalue weighted by Gasteiger charge is -2.34. The van der Waals surface area contributed by atoms with E-state index in [1.54, 1.807) is 48.5 Å². The average Bonchev–Trinajstić information content (AvgIpc) is 3.54. The largest absolute Gasteiger partial charge is 0.457 e. The summed E-state index contributed by atoms with van der Waals surface area (Å²) in [6.07, 6.45) is 0. The van der Waals surface area contributed by atoms with Crippen LogP contribution in [0.25, 0.3) is 32.7 Å². The summed E-state index contributed by atoms with van der Waals surface area (Å²) >= 11 is 0. The Bertz CT molecular complexity index is 2840. The van der Waals surface area contributed by atoms with Gasteiger partial charge in [-0.25, -0.2) is 19.2 Å². The van der Waals surface area contributed by atoms with Crippen molar-refractivity contribution in [2.24, 2.45) is 0 Å². The molecule has 8 nitrogen and oxygen atoms in total. The van der Waals surface area contributed by atoms with Crippen LogP contribution >= 0.6 is 0 Å². The standard InChI is InChI=1S/C49H26O8/c50-45-35-11-5-9-33-41(25-23-37(43(33)35)47(52)56-45)54-29-19-15-27(16-20-29)49(39-13-3-1-7-31(39)32-8-2-4-14-40(32)49)28-17-21-30(22-18-28)55-42-26-24-38-44-34(42)10-6-12-36(44)46(51)57-48(38)53/h1-26H. The smallest absolute Gasteiger partial charge is 0.346 e. The van der Waals surface area contributed by atoms with Crippen LogP contribution < -0.4 is 9.47 Å². The molecule has 0 N–H and O–H groups in total. The quantitative estimate of drug-likeness (QED) is 0.122. The lowest BCUT2D eigenvalue weighted by Crippen LogP contribution is -2.28. The summed E-state index contributed by atoms with van der Waals surface area (Å²) in [4.78, 5) is 50.1. The van der Waals surface area contributed by atoms with Crippen LogP contribution in [-0.2, 0) is 14.9 Å². The van der Waals surface area contributed by atoms with Gasteiger partial charge in [-0.15, -0.1) is 0 Å². The van der Waals surface area contributed by atoms with Crippen LogP contribution in [0.3, 0.4) is 0 Å². The summed E-state index contributed by atoms with van der Waals surface area (Å²) in [7, 11) is 0. The molecule has 2 aliphatic heterocycles. The van der Waals surface area contributed by atoms with E-state index in [1.807, 2.05) is 36.4 Å². The first-order valence-electron chi connectivity index (χ1n) is 18.3. The lowest BCUT2D eigenvalue weighted by molar-refractivity contribution is 0.0373. The second kappa shape index (κ2) is 12.1. The van der Waals surface area contributed by atoms with Gasteiger partial charge in [0.1, 0.15) is 23.0 Å². The van der Waals surface area contributed by atoms with Crippen LogP contribution in [0.15, 0.2) is 158 Å². The summed E-state index contributed by atoms with van der Waals surface area (Å²) in [6.45, 7) is 0. The number of rotatable bonds is 6. The Morgan fingerprint density at radius 1 is 0.351 bits per heavy atom. The number of carbonyl (C=O) groups is 4. The molecule has 57 heavy (non-hydrogen) atoms. The number of esters is 4. The predicted molar refractivity (Wildman–Crippen MR) is 211 cm³/mol. The number of hydrogen-bond acceptors (Lipinski definition) is 8. The summed E-state index contributed by atoms with van der Waals surface area (Å²) in [5, 5.41) is 2.31. The summed E-state index contributed by atoms with van der Waals surface area (Å²) in [5.74, 6) is -0.524. The zero-order chi connectivity index (χ0) is 38.4. The number of carbonyl (C=O) groups excluding carboxylic acids is 4. The highest BCUT2D eigenvalue weighted by atomic mass is 16.6. The normalized spacial score (nSPS) is 14.5. The average molecular weight is 743 g/mol. The maximum atomic E-state index is 12.5. The Labute approximate surface area is 324 Å². The van der Waals surface area contributed by atoms with Crippen LogP contribution in [0.2, 0.25) is 0 Å². The van der Waals surface area contributed by atoms with Gasteiger partial charge in [-0.2, -0.15) is 0 Å². The van der Waals surface area contributed by atoms with Crippen LogP contribution in [0.5, 0.6) is 23.0 Å². The van der Waals surface area contributed by atoms with Gasteiger partial charge < -0.3 is 18.9 Å². The van der Waals surface area contributed by atoms with Crippen molar-refractivity contribution in [3.05, 3.63) is 202 Å². The molecule has 8 aromatic rings. The Balaban J connectivity index is 0.998. The lowest BCUT2D eigenvalue weighted by atomic mass is 9.68. The van der Waals surface area contributed by atoms with Crippen molar-refractivity contribution in [2.75, 3.05) is 0 Å². The number of fused-ring (bicyclic) bond motifs is 3. The Morgan fingerprint density at radius 2 is 0.719 bits per heavy atom. The van der Waals surface area contributed by atoms with Gasteiger partial charge in [-0.05, 0) is 94.0 Å². The zero-order valence-electron chi connectivity index (χ0n) is 29.8. The Morgan fingerprint density at radius 3 is 1.14 bits per heavy atom. The monoisotopic (exact) mass is 742 g/mol. The second-order valence-electron chi connectivity index (χ2n) is 14.1. The van der Waals surface area contributed by atoms with E-state index < -0.39 is 29.3 Å². The van der Waals surface area contributed by atoms with E-state index in [9.17, 15) is 19.2 Å². The SMILES string of the molecule is O=C1OC(=O)c2ccc(Oc3ccc(C4(c5ccc(Oc6ccc7c8c(cccc68)C(=O)OC7=O)cc5)c5ccccc5-c5ccccc54)cc3)c3cccc1c23. The van der Waals surface area contributed by atoms with Gasteiger partial charge >= 0.3 is 23.9 Å². The third-order valence-electron chi connectivity index (χ3n) is 11.2. The third-order valence-corrected chi connectivity index (χ3v) is 11.2. The van der Waals surface area contributed by atoms with Crippen molar-refractivity contribution < 1.29 is 38.1 Å². The molecule has 8 heteroatoms. The van der Waals surface area contributed by atoms with E-state index in [4.69, 9.17) is 18.9 Å². The van der Waals surface area contributed by atoms with Crippen molar-refractivity contribution in [3.63, 3.8) is 0 Å². The number of hydrogen-bond donors (Lipinski definition) is 0. The number of benzene rings is 8. The predicted octanol–water partition coefficient (Wildman–Crippen LogP) is 10.6. The Kier molecular flexibility index (Phi) is 6.90. The molecular weight excluding hydrogens is 717 g/mol. The molecule has 1 aliphatic carbocycles. The third kappa shape index (κ3) is 4.67. The zero-order valence-corrected chi connectivity index (χ0v) is 29.8. The van der Waals surface area contributed by atoms with Gasteiger partial charge in [0.2, 0.25) is 0 Å². The first kappa shape index (κ1) is 32.6. The summed E-state index contributed by atoms with van der Waals surface area (Å²) in [6, 6.07) is 50.1. The topological polar surface area (TPSA) is 105 Å². The first-order chi connectivity index (χ1) is 27.9. The molecule has 8 aromatic carbocycles. The molecule has 0 saturated carbocycles. The van der Waals surface area contributed by atoms with Crippen LogP contribution in [0.1, 0.15) is 63.7 Å². The van der Waals surface area contributed by atoms with Gasteiger partial charge in [0, 0.05) is 21.5 Å². The molecule has 0 amide bonds. The van der Waals surface area contributed by atoms with Gasteiger partial charge in [0.25, 0.3) is 0 Å².